The molecular formula is C27H24N2O3. The van der Waals surface area contributed by atoms with Crippen LogP contribution in [0.15, 0.2) is 84.6 Å². The number of carbonyl (C=O) groups excluding carboxylic acids is 2. The minimum Gasteiger partial charge on any atom is -0.494 e. The van der Waals surface area contributed by atoms with Gasteiger partial charge in [-0.05, 0) is 54.3 Å². The van der Waals surface area contributed by atoms with Gasteiger partial charge in [0, 0.05) is 13.1 Å². The maximum Gasteiger partial charge on any atom is 0.282 e. The van der Waals surface area contributed by atoms with Crippen molar-refractivity contribution in [2.75, 3.05) is 18.1 Å². The lowest BCUT2D eigenvalue weighted by Gasteiger charge is -2.31. The predicted octanol–water partition coefficient (Wildman–Crippen LogP) is 4.43. The van der Waals surface area contributed by atoms with Gasteiger partial charge in [-0.2, -0.15) is 0 Å². The molecular weight excluding hydrogens is 400 g/mol. The second-order valence-electron chi connectivity index (χ2n) is 7.90. The molecule has 2 amide bonds. The van der Waals surface area contributed by atoms with Crippen molar-refractivity contribution in [3.8, 4) is 5.75 Å². The maximum atomic E-state index is 13.7. The van der Waals surface area contributed by atoms with E-state index >= 15 is 0 Å². The van der Waals surface area contributed by atoms with Gasteiger partial charge in [-0.25, -0.2) is 4.90 Å². The monoisotopic (exact) mass is 424 g/mol. The molecule has 0 saturated carbocycles. The topological polar surface area (TPSA) is 49.9 Å². The van der Waals surface area contributed by atoms with E-state index < -0.39 is 0 Å². The average molecular weight is 425 g/mol. The fourth-order valence-corrected chi connectivity index (χ4v) is 4.46. The number of ether oxygens (including phenoxy) is 1. The summed E-state index contributed by atoms with van der Waals surface area (Å²) >= 11 is 0. The molecule has 0 aliphatic carbocycles. The Hall–Kier alpha value is -3.86. The van der Waals surface area contributed by atoms with Gasteiger partial charge in [-0.3, -0.25) is 9.59 Å². The van der Waals surface area contributed by atoms with Crippen molar-refractivity contribution in [3.63, 3.8) is 0 Å². The van der Waals surface area contributed by atoms with Gasteiger partial charge in [0.15, 0.2) is 0 Å². The summed E-state index contributed by atoms with van der Waals surface area (Å²) in [4.78, 5) is 30.7. The van der Waals surface area contributed by atoms with E-state index in [0.29, 0.717) is 42.4 Å². The molecule has 3 aromatic rings. The largest absolute Gasteiger partial charge is 0.494 e. The molecule has 0 spiro atoms. The van der Waals surface area contributed by atoms with Crippen LogP contribution in [0.25, 0.3) is 5.57 Å². The van der Waals surface area contributed by atoms with Crippen molar-refractivity contribution in [2.45, 2.75) is 19.9 Å². The molecule has 32 heavy (non-hydrogen) atoms. The van der Waals surface area contributed by atoms with Crippen molar-refractivity contribution < 1.29 is 14.3 Å². The van der Waals surface area contributed by atoms with Crippen molar-refractivity contribution in [1.82, 2.24) is 4.90 Å². The molecule has 0 radical (unpaired) electrons. The predicted molar refractivity (Wildman–Crippen MR) is 124 cm³/mol. The number of imide groups is 1. The van der Waals surface area contributed by atoms with Crippen LogP contribution >= 0.6 is 0 Å². The number of hydrogen-bond donors (Lipinski definition) is 0. The number of amides is 2. The molecule has 0 unspecified atom stereocenters. The highest BCUT2D eigenvalue weighted by Gasteiger charge is 2.43. The molecule has 160 valence electrons. The molecule has 5 rings (SSSR count). The van der Waals surface area contributed by atoms with E-state index in [9.17, 15) is 9.59 Å². The second-order valence-corrected chi connectivity index (χ2v) is 7.90. The first-order valence-corrected chi connectivity index (χ1v) is 10.9. The molecule has 3 aromatic carbocycles. The molecule has 0 saturated heterocycles. The minimum atomic E-state index is -0.292. The Morgan fingerprint density at radius 3 is 2.22 bits per heavy atom. The first-order valence-electron chi connectivity index (χ1n) is 10.9. The SMILES string of the molecule is CCOc1ccc(N2C(=O)C(c3ccccc3)=C(N3CCc4ccccc4C3)C2=O)cc1. The van der Waals surface area contributed by atoms with Crippen LogP contribution < -0.4 is 9.64 Å². The van der Waals surface area contributed by atoms with Crippen molar-refractivity contribution in [1.29, 1.82) is 0 Å². The van der Waals surface area contributed by atoms with Gasteiger partial charge in [0.05, 0.1) is 17.9 Å². The quantitative estimate of drug-likeness (QED) is 0.569. The Bertz CT molecular complexity index is 1200. The molecule has 5 heteroatoms. The normalized spacial score (nSPS) is 15.9. The van der Waals surface area contributed by atoms with Crippen LogP contribution in [0.1, 0.15) is 23.6 Å². The maximum absolute atomic E-state index is 13.7. The number of benzene rings is 3. The molecule has 2 aliphatic rings. The fraction of sp³-hybridized carbons (Fsp3) is 0.185. The van der Waals surface area contributed by atoms with Gasteiger partial charge in [-0.15, -0.1) is 0 Å². The molecule has 2 aliphatic heterocycles. The summed E-state index contributed by atoms with van der Waals surface area (Å²) < 4.78 is 5.51. The zero-order chi connectivity index (χ0) is 22.1. The van der Waals surface area contributed by atoms with Crippen molar-refractivity contribution in [2.24, 2.45) is 0 Å². The van der Waals surface area contributed by atoms with Crippen LogP contribution in [0.2, 0.25) is 0 Å². The van der Waals surface area contributed by atoms with Gasteiger partial charge in [0.25, 0.3) is 11.8 Å². The van der Waals surface area contributed by atoms with Gasteiger partial charge >= 0.3 is 0 Å². The molecule has 0 atom stereocenters. The number of nitrogens with zero attached hydrogens (tertiary/aromatic N) is 2. The summed E-state index contributed by atoms with van der Waals surface area (Å²) in [6.07, 6.45) is 0.840. The fourth-order valence-electron chi connectivity index (χ4n) is 4.46. The van der Waals surface area contributed by atoms with Gasteiger partial charge in [0.1, 0.15) is 11.4 Å². The highest BCUT2D eigenvalue weighted by atomic mass is 16.5. The van der Waals surface area contributed by atoms with E-state index in [0.717, 1.165) is 12.0 Å². The van der Waals surface area contributed by atoms with Crippen LogP contribution in [0.5, 0.6) is 5.75 Å². The summed E-state index contributed by atoms with van der Waals surface area (Å²) in [5.74, 6) is 0.135. The number of hydrogen-bond acceptors (Lipinski definition) is 4. The van der Waals surface area contributed by atoms with Gasteiger partial charge in [0.2, 0.25) is 0 Å². The number of fused-ring (bicyclic) bond motifs is 1. The van der Waals surface area contributed by atoms with Gasteiger partial charge < -0.3 is 9.64 Å². The second kappa shape index (κ2) is 8.35. The molecule has 0 N–H and O–H groups in total. The Morgan fingerprint density at radius 2 is 1.50 bits per heavy atom. The third-order valence-corrected chi connectivity index (χ3v) is 5.97. The molecule has 0 bridgehead atoms. The summed E-state index contributed by atoms with van der Waals surface area (Å²) in [6.45, 7) is 3.78. The zero-order valence-corrected chi connectivity index (χ0v) is 18.0. The summed E-state index contributed by atoms with van der Waals surface area (Å²) in [5, 5.41) is 0. The van der Waals surface area contributed by atoms with Crippen LogP contribution in [0.3, 0.4) is 0 Å². The standard InChI is InChI=1S/C27H24N2O3/c1-2-32-23-14-12-22(13-15-23)29-26(30)24(20-9-4-3-5-10-20)25(27(29)31)28-17-16-19-8-6-7-11-21(19)18-28/h3-15H,2,16-18H2,1H3. The highest BCUT2D eigenvalue weighted by Crippen LogP contribution is 2.37. The minimum absolute atomic E-state index is 0.280. The van der Waals surface area contributed by atoms with Crippen LogP contribution in [0.4, 0.5) is 5.69 Å². The van der Waals surface area contributed by atoms with Crippen molar-refractivity contribution in [3.05, 3.63) is 101 Å². The molecule has 2 heterocycles. The highest BCUT2D eigenvalue weighted by molar-refractivity contribution is 6.45. The van der Waals surface area contributed by atoms with Crippen LogP contribution in [0, 0.1) is 0 Å². The summed E-state index contributed by atoms with van der Waals surface area (Å²) in [5.41, 5.74) is 4.73. The van der Waals surface area contributed by atoms with E-state index in [-0.39, 0.29) is 11.8 Å². The third-order valence-electron chi connectivity index (χ3n) is 5.97. The number of rotatable bonds is 5. The Kier molecular flexibility index (Phi) is 5.23. The molecule has 0 aromatic heterocycles. The van der Waals surface area contributed by atoms with E-state index in [4.69, 9.17) is 4.74 Å². The number of carbonyl (C=O) groups is 2. The lowest BCUT2D eigenvalue weighted by atomic mass is 9.98. The first kappa shape index (κ1) is 20.1. The van der Waals surface area contributed by atoms with Crippen LogP contribution in [-0.2, 0) is 22.6 Å². The smallest absolute Gasteiger partial charge is 0.282 e. The van der Waals surface area contributed by atoms with E-state index in [2.05, 4.69) is 17.0 Å². The Labute approximate surface area is 187 Å². The van der Waals surface area contributed by atoms with Crippen molar-refractivity contribution >= 4 is 23.1 Å². The van der Waals surface area contributed by atoms with E-state index in [1.54, 1.807) is 24.3 Å². The molecule has 5 nitrogen and oxygen atoms in total. The summed E-state index contributed by atoms with van der Waals surface area (Å²) in [6, 6.07) is 24.9. The van der Waals surface area contributed by atoms with E-state index in [1.165, 1.54) is 16.0 Å². The first-order chi connectivity index (χ1) is 15.7. The molecule has 0 fully saturated rings. The lowest BCUT2D eigenvalue weighted by Crippen LogP contribution is -2.37. The lowest BCUT2D eigenvalue weighted by molar-refractivity contribution is -0.120. The van der Waals surface area contributed by atoms with E-state index in [1.807, 2.05) is 49.4 Å². The Balaban J connectivity index is 1.56. The van der Waals surface area contributed by atoms with Gasteiger partial charge in [-0.1, -0.05) is 54.6 Å². The zero-order valence-electron chi connectivity index (χ0n) is 18.0. The average Bonchev–Trinajstić information content (AvgIpc) is 3.10. The van der Waals surface area contributed by atoms with Crippen LogP contribution in [-0.4, -0.2) is 29.9 Å². The number of anilines is 1. The summed E-state index contributed by atoms with van der Waals surface area (Å²) in [7, 11) is 0. The third kappa shape index (κ3) is 3.46. The Morgan fingerprint density at radius 1 is 0.812 bits per heavy atom.